The van der Waals surface area contributed by atoms with Gasteiger partial charge in [-0.3, -0.25) is 4.99 Å². The minimum Gasteiger partial charge on any atom is -0.396 e. The Balaban J connectivity index is 2.06. The van der Waals surface area contributed by atoms with Crippen molar-refractivity contribution in [2.45, 2.75) is 19.8 Å². The van der Waals surface area contributed by atoms with Gasteiger partial charge in [-0.05, 0) is 42.9 Å². The molecule has 0 radical (unpaired) electrons. The van der Waals surface area contributed by atoms with Gasteiger partial charge in [-0.2, -0.15) is 0 Å². The van der Waals surface area contributed by atoms with E-state index in [9.17, 15) is 5.11 Å². The van der Waals surface area contributed by atoms with Crippen LogP contribution in [0.15, 0.2) is 60.4 Å². The standard InChI is InChI=1S/C27H35N5O/c1-6-21(16-28-3)25-17-29-26(30-27(25)32-13-11-20(18-32)12-14-33)24-10-8-9-23(15-24)22(7-2)19-31(4)5/h6-10,15-17,19-20,33H,2,11-14,18H2,1,3-5H3/b21-6+,22-19+,28-16-. The molecule has 1 aliphatic heterocycles. The Morgan fingerprint density at radius 3 is 2.82 bits per heavy atom. The molecule has 1 fully saturated rings. The van der Waals surface area contributed by atoms with Gasteiger partial charge >= 0.3 is 0 Å². The summed E-state index contributed by atoms with van der Waals surface area (Å²) < 4.78 is 0. The van der Waals surface area contributed by atoms with Crippen LogP contribution in [-0.2, 0) is 0 Å². The molecule has 0 amide bonds. The van der Waals surface area contributed by atoms with Crippen molar-refractivity contribution >= 4 is 23.2 Å². The topological polar surface area (TPSA) is 64.9 Å². The number of allylic oxidation sites excluding steroid dienone is 4. The van der Waals surface area contributed by atoms with Gasteiger partial charge in [0.15, 0.2) is 5.82 Å². The van der Waals surface area contributed by atoms with Gasteiger partial charge in [0.2, 0.25) is 0 Å². The first kappa shape index (κ1) is 24.4. The molecule has 1 aromatic carbocycles. The molecule has 1 saturated heterocycles. The Morgan fingerprint density at radius 1 is 1.33 bits per heavy atom. The summed E-state index contributed by atoms with van der Waals surface area (Å²) in [4.78, 5) is 18.3. The van der Waals surface area contributed by atoms with Gasteiger partial charge in [-0.1, -0.05) is 36.9 Å². The van der Waals surface area contributed by atoms with E-state index >= 15 is 0 Å². The molecule has 1 aromatic heterocycles. The molecule has 0 bridgehead atoms. The first-order valence-corrected chi connectivity index (χ1v) is 11.4. The van der Waals surface area contributed by atoms with Crippen molar-refractivity contribution in [3.05, 3.63) is 66.5 Å². The van der Waals surface area contributed by atoms with Crippen LogP contribution in [0.5, 0.6) is 0 Å². The molecule has 0 aliphatic carbocycles. The van der Waals surface area contributed by atoms with Crippen LogP contribution in [-0.4, -0.2) is 67.0 Å². The molecule has 1 aliphatic rings. The molecule has 0 spiro atoms. The van der Waals surface area contributed by atoms with E-state index in [-0.39, 0.29) is 6.61 Å². The van der Waals surface area contributed by atoms with E-state index in [1.165, 1.54) is 0 Å². The van der Waals surface area contributed by atoms with Crippen LogP contribution in [0.25, 0.3) is 22.5 Å². The van der Waals surface area contributed by atoms with Gasteiger partial charge in [0, 0.05) is 76.2 Å². The Bertz CT molecular complexity index is 1050. The SMILES string of the molecule is C=C/C(=C\N(C)C)c1cccc(-c2ncc(C(/C=N\C)=C/C)c(N3CCC(CCO)C3)n2)c1. The lowest BCUT2D eigenvalue weighted by Gasteiger charge is -2.22. The van der Waals surface area contributed by atoms with E-state index in [0.29, 0.717) is 11.7 Å². The average molecular weight is 446 g/mol. The highest BCUT2D eigenvalue weighted by atomic mass is 16.3. The number of aliphatic imine (C=N–C) groups is 1. The zero-order chi connectivity index (χ0) is 23.8. The lowest BCUT2D eigenvalue weighted by Crippen LogP contribution is -2.23. The monoisotopic (exact) mass is 445 g/mol. The number of aromatic nitrogens is 2. The number of hydrogen-bond donors (Lipinski definition) is 1. The third kappa shape index (κ3) is 5.96. The summed E-state index contributed by atoms with van der Waals surface area (Å²) in [7, 11) is 5.77. The minimum absolute atomic E-state index is 0.224. The highest BCUT2D eigenvalue weighted by Gasteiger charge is 2.26. The van der Waals surface area contributed by atoms with E-state index in [0.717, 1.165) is 59.6 Å². The predicted molar refractivity (Wildman–Crippen MR) is 139 cm³/mol. The maximum Gasteiger partial charge on any atom is 0.161 e. The number of anilines is 1. The zero-order valence-corrected chi connectivity index (χ0v) is 20.2. The Kier molecular flexibility index (Phi) is 8.55. The van der Waals surface area contributed by atoms with Gasteiger partial charge in [-0.25, -0.2) is 9.97 Å². The second-order valence-corrected chi connectivity index (χ2v) is 8.51. The maximum absolute atomic E-state index is 9.39. The van der Waals surface area contributed by atoms with Crippen molar-refractivity contribution in [3.63, 3.8) is 0 Å². The molecule has 0 saturated carbocycles. The lowest BCUT2D eigenvalue weighted by atomic mass is 10.0. The summed E-state index contributed by atoms with van der Waals surface area (Å²) in [6, 6.07) is 8.26. The Labute approximate surface area is 197 Å². The second kappa shape index (κ2) is 11.6. The maximum atomic E-state index is 9.39. The van der Waals surface area contributed by atoms with Crippen molar-refractivity contribution in [1.82, 2.24) is 14.9 Å². The molecule has 2 heterocycles. The highest BCUT2D eigenvalue weighted by molar-refractivity contribution is 6.11. The molecule has 33 heavy (non-hydrogen) atoms. The van der Waals surface area contributed by atoms with Crippen molar-refractivity contribution in [2.24, 2.45) is 10.9 Å². The summed E-state index contributed by atoms with van der Waals surface area (Å²) >= 11 is 0. The van der Waals surface area contributed by atoms with Crippen LogP contribution in [0.4, 0.5) is 5.82 Å². The number of aliphatic hydroxyl groups excluding tert-OH is 1. The molecule has 1 N–H and O–H groups in total. The first-order chi connectivity index (χ1) is 16.0. The Morgan fingerprint density at radius 2 is 2.15 bits per heavy atom. The number of nitrogens with zero attached hydrogens (tertiary/aromatic N) is 5. The summed E-state index contributed by atoms with van der Waals surface area (Å²) in [6.07, 6.45) is 11.6. The summed E-state index contributed by atoms with van der Waals surface area (Å²) in [5.41, 5.74) is 5.06. The molecule has 2 aromatic rings. The van der Waals surface area contributed by atoms with E-state index in [1.54, 1.807) is 7.05 Å². The van der Waals surface area contributed by atoms with Crippen LogP contribution in [0.3, 0.4) is 0 Å². The average Bonchev–Trinajstić information content (AvgIpc) is 3.29. The molecule has 6 nitrogen and oxygen atoms in total. The number of hydrogen-bond acceptors (Lipinski definition) is 6. The van der Waals surface area contributed by atoms with Crippen LogP contribution in [0.2, 0.25) is 0 Å². The third-order valence-electron chi connectivity index (χ3n) is 5.85. The fourth-order valence-electron chi connectivity index (χ4n) is 4.20. The summed E-state index contributed by atoms with van der Waals surface area (Å²) in [6.45, 7) is 8.00. The van der Waals surface area contributed by atoms with E-state index < -0.39 is 0 Å². The van der Waals surface area contributed by atoms with Crippen molar-refractivity contribution in [1.29, 1.82) is 0 Å². The van der Waals surface area contributed by atoms with E-state index in [1.807, 2.05) is 62.6 Å². The van der Waals surface area contributed by atoms with Crippen LogP contribution >= 0.6 is 0 Å². The highest BCUT2D eigenvalue weighted by Crippen LogP contribution is 2.32. The molecule has 174 valence electrons. The van der Waals surface area contributed by atoms with Gasteiger partial charge in [0.1, 0.15) is 5.82 Å². The first-order valence-electron chi connectivity index (χ1n) is 11.4. The van der Waals surface area contributed by atoms with E-state index in [2.05, 4.69) is 34.8 Å². The van der Waals surface area contributed by atoms with Gasteiger partial charge in [-0.15, -0.1) is 0 Å². The number of rotatable bonds is 9. The summed E-state index contributed by atoms with van der Waals surface area (Å²) in [5, 5.41) is 9.39. The van der Waals surface area contributed by atoms with Crippen LogP contribution in [0, 0.1) is 5.92 Å². The fourth-order valence-corrected chi connectivity index (χ4v) is 4.20. The summed E-state index contributed by atoms with van der Waals surface area (Å²) in [5.74, 6) is 2.09. The van der Waals surface area contributed by atoms with Crippen LogP contribution in [0.1, 0.15) is 30.9 Å². The Hall–Kier alpha value is -3.25. The number of benzene rings is 1. The molecule has 6 heteroatoms. The number of aliphatic hydroxyl groups is 1. The third-order valence-corrected chi connectivity index (χ3v) is 5.85. The van der Waals surface area contributed by atoms with Crippen molar-refractivity contribution < 1.29 is 5.11 Å². The van der Waals surface area contributed by atoms with Crippen molar-refractivity contribution in [2.75, 3.05) is 45.7 Å². The molecule has 1 atom stereocenters. The van der Waals surface area contributed by atoms with Gasteiger partial charge < -0.3 is 14.9 Å². The normalized spacial score (nSPS) is 17.1. The predicted octanol–water partition coefficient (Wildman–Crippen LogP) is 4.54. The smallest absolute Gasteiger partial charge is 0.161 e. The largest absolute Gasteiger partial charge is 0.396 e. The van der Waals surface area contributed by atoms with Crippen molar-refractivity contribution in [3.8, 4) is 11.4 Å². The molecule has 3 rings (SSSR count). The van der Waals surface area contributed by atoms with Crippen LogP contribution < -0.4 is 4.90 Å². The zero-order valence-electron chi connectivity index (χ0n) is 20.2. The lowest BCUT2D eigenvalue weighted by molar-refractivity contribution is 0.263. The van der Waals surface area contributed by atoms with Gasteiger partial charge in [0.25, 0.3) is 0 Å². The fraction of sp³-hybridized carbons (Fsp3) is 0.370. The molecule has 1 unspecified atom stereocenters. The molecular formula is C27H35N5O. The van der Waals surface area contributed by atoms with Gasteiger partial charge in [0.05, 0.1) is 0 Å². The molecular weight excluding hydrogens is 410 g/mol. The quantitative estimate of drug-likeness (QED) is 0.453. The second-order valence-electron chi connectivity index (χ2n) is 8.51. The van der Waals surface area contributed by atoms with E-state index in [4.69, 9.17) is 9.97 Å². The minimum atomic E-state index is 0.224.